The first-order valence-corrected chi connectivity index (χ1v) is 12.9. The zero-order valence-electron chi connectivity index (χ0n) is 20.0. The Morgan fingerprint density at radius 3 is 1.84 bits per heavy atom. The van der Waals surface area contributed by atoms with E-state index < -0.39 is 5.97 Å². The lowest BCUT2D eigenvalue weighted by atomic mass is 9.88. The van der Waals surface area contributed by atoms with Crippen molar-refractivity contribution < 1.29 is 14.7 Å². The molecule has 176 valence electrons. The lowest BCUT2D eigenvalue weighted by molar-refractivity contribution is -0.137. The highest BCUT2D eigenvalue weighted by Gasteiger charge is 2.17. The molecule has 1 N–H and O–H groups in total. The molecule has 0 saturated carbocycles. The molecule has 1 aromatic rings. The monoisotopic (exact) mass is 430 g/mol. The van der Waals surface area contributed by atoms with Crippen LogP contribution in [0.4, 0.5) is 0 Å². The molecule has 0 heterocycles. The summed E-state index contributed by atoms with van der Waals surface area (Å²) in [6, 6.07) is 10.5. The number of rotatable bonds is 21. The maximum Gasteiger partial charge on any atom is 0.303 e. The predicted octanol–water partition coefficient (Wildman–Crippen LogP) is 8.15. The Balaban J connectivity index is 2.20. The zero-order valence-corrected chi connectivity index (χ0v) is 20.0. The van der Waals surface area contributed by atoms with Crippen molar-refractivity contribution in [1.82, 2.24) is 0 Å². The maximum atomic E-state index is 12.9. The molecule has 1 aromatic carbocycles. The number of carboxylic acid groups (broad SMARTS) is 1. The first kappa shape index (κ1) is 27.4. The molecule has 0 aliphatic heterocycles. The highest BCUT2D eigenvalue weighted by molar-refractivity contribution is 5.80. The molecule has 0 fully saturated rings. The average molecular weight is 431 g/mol. The first-order chi connectivity index (χ1) is 15.1. The van der Waals surface area contributed by atoms with Crippen LogP contribution < -0.4 is 0 Å². The third-order valence-corrected chi connectivity index (χ3v) is 6.29. The van der Waals surface area contributed by atoms with E-state index in [1.165, 1.54) is 63.4 Å². The SMILES string of the molecule is CCCCCCC(CCCCCCCCCCC(=O)O)C(=O)CCCc1ccccc1. The third-order valence-electron chi connectivity index (χ3n) is 6.29. The minimum absolute atomic E-state index is 0.267. The smallest absolute Gasteiger partial charge is 0.303 e. The van der Waals surface area contributed by atoms with Gasteiger partial charge in [-0.1, -0.05) is 108 Å². The topological polar surface area (TPSA) is 54.4 Å². The van der Waals surface area contributed by atoms with Gasteiger partial charge in [0, 0.05) is 18.8 Å². The van der Waals surface area contributed by atoms with E-state index in [4.69, 9.17) is 5.11 Å². The minimum atomic E-state index is -0.682. The quantitative estimate of drug-likeness (QED) is 0.200. The molecule has 0 saturated heterocycles. The summed E-state index contributed by atoms with van der Waals surface area (Å²) in [4.78, 5) is 23.4. The molecule has 0 bridgehead atoms. The number of Topliss-reactive ketones (excluding diaryl/α,β-unsaturated/α-hetero) is 1. The number of aryl methyl sites for hydroxylation is 1. The number of hydrogen-bond acceptors (Lipinski definition) is 2. The van der Waals surface area contributed by atoms with Gasteiger partial charge in [-0.25, -0.2) is 0 Å². The molecule has 0 aromatic heterocycles. The molecule has 0 spiro atoms. The van der Waals surface area contributed by atoms with Gasteiger partial charge < -0.3 is 5.11 Å². The number of aliphatic carboxylic acids is 1. The van der Waals surface area contributed by atoms with Crippen LogP contribution in [0.25, 0.3) is 0 Å². The van der Waals surface area contributed by atoms with E-state index in [1.54, 1.807) is 0 Å². The van der Waals surface area contributed by atoms with Crippen LogP contribution in [0.2, 0.25) is 0 Å². The highest BCUT2D eigenvalue weighted by Crippen LogP contribution is 2.22. The third kappa shape index (κ3) is 15.8. The van der Waals surface area contributed by atoms with Gasteiger partial charge in [0.2, 0.25) is 0 Å². The molecular weight excluding hydrogens is 384 g/mol. The van der Waals surface area contributed by atoms with Crippen LogP contribution in [0.5, 0.6) is 0 Å². The summed E-state index contributed by atoms with van der Waals surface area (Å²) < 4.78 is 0. The molecule has 0 aliphatic carbocycles. The van der Waals surface area contributed by atoms with Crippen molar-refractivity contribution in [3.63, 3.8) is 0 Å². The summed E-state index contributed by atoms with van der Waals surface area (Å²) in [5, 5.41) is 8.65. The summed E-state index contributed by atoms with van der Waals surface area (Å²) in [5.74, 6) is 0.0772. The molecule has 1 unspecified atom stereocenters. The van der Waals surface area contributed by atoms with Crippen LogP contribution in [0.15, 0.2) is 30.3 Å². The summed E-state index contributed by atoms with van der Waals surface area (Å²) in [6.07, 6.45) is 19.2. The van der Waals surface area contributed by atoms with Gasteiger partial charge in [-0.2, -0.15) is 0 Å². The Labute approximate surface area is 191 Å². The standard InChI is InChI=1S/C28H46O3/c1-2-3-4-14-21-26(27(29)23-17-20-25-18-12-11-13-19-25)22-15-9-7-5-6-8-10-16-24-28(30)31/h11-13,18-19,26H,2-10,14-17,20-24H2,1H3,(H,30,31). The van der Waals surface area contributed by atoms with Crippen molar-refractivity contribution in [2.24, 2.45) is 5.92 Å². The molecule has 31 heavy (non-hydrogen) atoms. The molecule has 0 aliphatic rings. The summed E-state index contributed by atoms with van der Waals surface area (Å²) in [5.41, 5.74) is 1.33. The van der Waals surface area contributed by atoms with Crippen molar-refractivity contribution in [3.05, 3.63) is 35.9 Å². The van der Waals surface area contributed by atoms with E-state index in [0.717, 1.165) is 51.4 Å². The van der Waals surface area contributed by atoms with Gasteiger partial charge in [0.25, 0.3) is 0 Å². The normalized spacial score (nSPS) is 12.0. The fourth-order valence-corrected chi connectivity index (χ4v) is 4.33. The van der Waals surface area contributed by atoms with Crippen LogP contribution >= 0.6 is 0 Å². The van der Waals surface area contributed by atoms with Crippen LogP contribution in [0.1, 0.15) is 122 Å². The molecule has 0 amide bonds. The van der Waals surface area contributed by atoms with E-state index in [0.29, 0.717) is 12.2 Å². The number of carbonyl (C=O) groups excluding carboxylic acids is 1. The number of carboxylic acids is 1. The van der Waals surface area contributed by atoms with Gasteiger partial charge in [0.1, 0.15) is 5.78 Å². The number of ketones is 1. The molecule has 0 radical (unpaired) electrons. The zero-order chi connectivity index (χ0) is 22.6. The average Bonchev–Trinajstić information content (AvgIpc) is 2.76. The molecule has 1 rings (SSSR count). The van der Waals surface area contributed by atoms with Gasteiger partial charge in [0.15, 0.2) is 0 Å². The van der Waals surface area contributed by atoms with E-state index >= 15 is 0 Å². The van der Waals surface area contributed by atoms with E-state index in [9.17, 15) is 9.59 Å². The Bertz CT molecular complexity index is 567. The second kappa shape index (κ2) is 19.1. The molecular formula is C28H46O3. The molecule has 3 heteroatoms. The fourth-order valence-electron chi connectivity index (χ4n) is 4.33. The van der Waals surface area contributed by atoms with E-state index in [-0.39, 0.29) is 5.92 Å². The Kier molecular flexibility index (Phi) is 16.9. The summed E-state index contributed by atoms with van der Waals surface area (Å²) in [6.45, 7) is 2.23. The van der Waals surface area contributed by atoms with E-state index in [1.807, 2.05) is 6.07 Å². The van der Waals surface area contributed by atoms with E-state index in [2.05, 4.69) is 31.2 Å². The Morgan fingerprint density at radius 2 is 1.26 bits per heavy atom. The number of benzene rings is 1. The Morgan fingerprint density at radius 1 is 0.710 bits per heavy atom. The fraction of sp³-hybridized carbons (Fsp3) is 0.714. The van der Waals surface area contributed by atoms with Crippen molar-refractivity contribution in [1.29, 1.82) is 0 Å². The van der Waals surface area contributed by atoms with Crippen LogP contribution in [0, 0.1) is 5.92 Å². The lowest BCUT2D eigenvalue weighted by Crippen LogP contribution is -2.15. The van der Waals surface area contributed by atoms with Crippen molar-refractivity contribution in [3.8, 4) is 0 Å². The number of carbonyl (C=O) groups is 2. The van der Waals surface area contributed by atoms with Gasteiger partial charge >= 0.3 is 5.97 Å². The minimum Gasteiger partial charge on any atom is -0.481 e. The summed E-state index contributed by atoms with van der Waals surface area (Å²) in [7, 11) is 0. The largest absolute Gasteiger partial charge is 0.481 e. The first-order valence-electron chi connectivity index (χ1n) is 12.9. The number of hydrogen-bond donors (Lipinski definition) is 1. The van der Waals surface area contributed by atoms with Crippen LogP contribution in [0.3, 0.4) is 0 Å². The Hall–Kier alpha value is -1.64. The van der Waals surface area contributed by atoms with Crippen molar-refractivity contribution in [2.45, 2.75) is 122 Å². The van der Waals surface area contributed by atoms with Gasteiger partial charge in [0.05, 0.1) is 0 Å². The van der Waals surface area contributed by atoms with Crippen LogP contribution in [-0.2, 0) is 16.0 Å². The van der Waals surface area contributed by atoms with Gasteiger partial charge in [-0.3, -0.25) is 9.59 Å². The predicted molar refractivity (Wildman–Crippen MR) is 130 cm³/mol. The van der Waals surface area contributed by atoms with Crippen molar-refractivity contribution >= 4 is 11.8 Å². The lowest BCUT2D eigenvalue weighted by Gasteiger charge is -2.16. The highest BCUT2D eigenvalue weighted by atomic mass is 16.4. The maximum absolute atomic E-state index is 12.9. The molecule has 3 nitrogen and oxygen atoms in total. The molecule has 1 atom stereocenters. The summed E-state index contributed by atoms with van der Waals surface area (Å²) >= 11 is 0. The van der Waals surface area contributed by atoms with Crippen LogP contribution in [-0.4, -0.2) is 16.9 Å². The van der Waals surface area contributed by atoms with Crippen molar-refractivity contribution in [2.75, 3.05) is 0 Å². The van der Waals surface area contributed by atoms with Gasteiger partial charge in [-0.05, 0) is 37.7 Å². The van der Waals surface area contributed by atoms with Gasteiger partial charge in [-0.15, -0.1) is 0 Å². The number of unbranched alkanes of at least 4 members (excludes halogenated alkanes) is 10. The second-order valence-electron chi connectivity index (χ2n) is 9.11. The second-order valence-corrected chi connectivity index (χ2v) is 9.11.